The first kappa shape index (κ1) is 50.3. The summed E-state index contributed by atoms with van der Waals surface area (Å²) in [4.78, 5) is 54.3. The second-order valence-electron chi connectivity index (χ2n) is 23.8. The van der Waals surface area contributed by atoms with E-state index in [1.807, 2.05) is 0 Å². The molecule has 65 heavy (non-hydrogen) atoms. The van der Waals surface area contributed by atoms with Crippen LogP contribution in [0, 0.1) is 75.4 Å². The van der Waals surface area contributed by atoms with Gasteiger partial charge in [0.1, 0.15) is 25.9 Å². The lowest BCUT2D eigenvalue weighted by Crippen LogP contribution is -2.51. The number of nitrogens with zero attached hydrogens (tertiary/aromatic N) is 1. The van der Waals surface area contributed by atoms with Crippen molar-refractivity contribution < 1.29 is 42.9 Å². The van der Waals surface area contributed by atoms with E-state index in [1.165, 1.54) is 69.8 Å². The number of ether oxygens (including phenoxy) is 5. The first-order valence-corrected chi connectivity index (χ1v) is 26.8. The molecule has 0 saturated heterocycles. The maximum absolute atomic E-state index is 13.3. The van der Waals surface area contributed by atoms with Gasteiger partial charge in [0.25, 0.3) is 0 Å². The average molecular weight is 908 g/mol. The van der Waals surface area contributed by atoms with Crippen molar-refractivity contribution in [3.63, 3.8) is 0 Å². The summed E-state index contributed by atoms with van der Waals surface area (Å²) in [5, 5.41) is 0. The monoisotopic (exact) mass is 908 g/mol. The third kappa shape index (κ3) is 12.3. The lowest BCUT2D eigenvalue weighted by molar-refractivity contribution is -0.158. The number of allylic oxidation sites excluding steroid dienone is 1. The highest BCUT2D eigenvalue weighted by molar-refractivity contribution is 5.77. The van der Waals surface area contributed by atoms with Crippen LogP contribution in [0.15, 0.2) is 11.6 Å². The molecule has 0 heterocycles. The Labute approximate surface area is 393 Å². The van der Waals surface area contributed by atoms with Crippen LogP contribution in [0.1, 0.15) is 183 Å². The van der Waals surface area contributed by atoms with E-state index in [9.17, 15) is 19.2 Å². The van der Waals surface area contributed by atoms with Crippen LogP contribution in [0.5, 0.6) is 0 Å². The molecule has 10 nitrogen and oxygen atoms in total. The van der Waals surface area contributed by atoms with Gasteiger partial charge in [-0.25, -0.2) is 4.79 Å². The van der Waals surface area contributed by atoms with Crippen molar-refractivity contribution in [1.29, 1.82) is 0 Å². The van der Waals surface area contributed by atoms with Gasteiger partial charge in [0.15, 0.2) is 0 Å². The van der Waals surface area contributed by atoms with Crippen LogP contribution < -0.4 is 0 Å². The van der Waals surface area contributed by atoms with Gasteiger partial charge in [-0.05, 0) is 172 Å². The Balaban J connectivity index is 0.851. The Bertz CT molecular complexity index is 1620. The van der Waals surface area contributed by atoms with Gasteiger partial charge in [-0.15, -0.1) is 0 Å². The fourth-order valence-electron chi connectivity index (χ4n) is 15.9. The van der Waals surface area contributed by atoms with E-state index < -0.39 is 18.0 Å². The molecule has 9 atom stereocenters. The van der Waals surface area contributed by atoms with Crippen LogP contribution >= 0.6 is 0 Å². The highest BCUT2D eigenvalue weighted by Gasteiger charge is 2.59. The van der Waals surface area contributed by atoms with Crippen LogP contribution in [0.25, 0.3) is 0 Å². The molecule has 7 fully saturated rings. The van der Waals surface area contributed by atoms with Crippen molar-refractivity contribution in [3.8, 4) is 0 Å². The second kappa shape index (κ2) is 22.2. The smallest absolute Gasteiger partial charge is 0.465 e. The van der Waals surface area contributed by atoms with E-state index >= 15 is 0 Å². The molecule has 8 rings (SSSR count). The molecule has 4 bridgehead atoms. The van der Waals surface area contributed by atoms with E-state index in [1.54, 1.807) is 0 Å². The van der Waals surface area contributed by atoms with Gasteiger partial charge in [0.05, 0.1) is 31.8 Å². The molecule has 0 radical (unpaired) electrons. The normalized spacial score (nSPS) is 35.4. The molecular formula is C55H89NO9. The Morgan fingerprint density at radius 2 is 1.40 bits per heavy atom. The SMILES string of the molecule is CCN(CC)CCCOC(=O)OCC(COC(=O)CCC(=O)O[C@H]1CC[C@@]2(C)C(=CC[C@H]3[C@@H]4CC[C@H]([C@H](C)CCCC(C)C)[C@@]4(C)CC[C@@H]32)C1)COC(=O)CC12CC3CC(CC(C3)C1)C2. The predicted molar refractivity (Wildman–Crippen MR) is 252 cm³/mol. The summed E-state index contributed by atoms with van der Waals surface area (Å²) in [6.45, 7) is 19.3. The van der Waals surface area contributed by atoms with Gasteiger partial charge in [-0.3, -0.25) is 14.4 Å². The molecule has 1 unspecified atom stereocenters. The molecule has 0 spiro atoms. The minimum absolute atomic E-state index is 0.0356. The zero-order valence-electron chi connectivity index (χ0n) is 41.8. The first-order valence-electron chi connectivity index (χ1n) is 26.8. The molecule has 8 aliphatic carbocycles. The summed E-state index contributed by atoms with van der Waals surface area (Å²) in [5.74, 6) is 5.20. The molecule has 0 aromatic heterocycles. The van der Waals surface area contributed by atoms with E-state index in [4.69, 9.17) is 23.7 Å². The molecule has 0 N–H and O–H groups in total. The summed E-state index contributed by atoms with van der Waals surface area (Å²) < 4.78 is 28.2. The number of rotatable bonds is 23. The number of hydrogen-bond donors (Lipinski definition) is 0. The van der Waals surface area contributed by atoms with E-state index in [0.29, 0.717) is 24.2 Å². The lowest BCUT2D eigenvalue weighted by Gasteiger charge is -2.58. The Hall–Kier alpha value is -2.62. The van der Waals surface area contributed by atoms with Crippen molar-refractivity contribution in [2.45, 2.75) is 189 Å². The van der Waals surface area contributed by atoms with Crippen LogP contribution in [-0.4, -0.2) is 81.1 Å². The van der Waals surface area contributed by atoms with Crippen LogP contribution in [-0.2, 0) is 38.1 Å². The maximum atomic E-state index is 13.3. The maximum Gasteiger partial charge on any atom is 0.508 e. The lowest BCUT2D eigenvalue weighted by atomic mass is 9.47. The number of carbonyl (C=O) groups is 4. The average Bonchev–Trinajstić information content (AvgIpc) is 3.62. The highest BCUT2D eigenvalue weighted by atomic mass is 16.7. The second-order valence-corrected chi connectivity index (χ2v) is 23.8. The first-order chi connectivity index (χ1) is 31.1. The summed E-state index contributed by atoms with van der Waals surface area (Å²) in [6.07, 6.45) is 23.1. The summed E-state index contributed by atoms with van der Waals surface area (Å²) in [7, 11) is 0. The number of hydrogen-bond acceptors (Lipinski definition) is 10. The van der Waals surface area contributed by atoms with Crippen molar-refractivity contribution in [1.82, 2.24) is 4.90 Å². The van der Waals surface area contributed by atoms with Crippen LogP contribution in [0.4, 0.5) is 4.79 Å². The standard InChI is InChI=1S/C55H89NO9/c1-8-56(9-2)24-11-25-61-52(60)64-36-42(35-63-51(59)33-55-30-39-26-40(31-55)28-41(27-39)32-55)34-62-49(57)18-19-50(58)65-44-20-22-53(6)43(29-44)14-15-45-47-17-16-46(38(5)13-10-12-37(3)4)54(47,7)23-21-48(45)53/h14,37-42,44-48H,8-13,15-36H2,1-7H3/t38-,39?,40?,41?,42?,44+,45+,46-,47+,48+,53+,54-,55?/m1/s1. The summed E-state index contributed by atoms with van der Waals surface area (Å²) in [6, 6.07) is 0. The molecule has 0 aromatic carbocycles. The number of fused-ring (bicyclic) bond motifs is 5. The molecule has 0 aliphatic heterocycles. The molecule has 7 saturated carbocycles. The fraction of sp³-hybridized carbons (Fsp3) is 0.891. The van der Waals surface area contributed by atoms with Crippen LogP contribution in [0.2, 0.25) is 0 Å². The molecule has 0 aromatic rings. The molecular weight excluding hydrogens is 819 g/mol. The van der Waals surface area contributed by atoms with E-state index in [-0.39, 0.29) is 68.1 Å². The topological polar surface area (TPSA) is 118 Å². The highest BCUT2D eigenvalue weighted by Crippen LogP contribution is 2.67. The molecule has 8 aliphatic rings. The summed E-state index contributed by atoms with van der Waals surface area (Å²) >= 11 is 0. The minimum atomic E-state index is -0.794. The molecule has 10 heteroatoms. The Morgan fingerprint density at radius 3 is 2.08 bits per heavy atom. The van der Waals surface area contributed by atoms with E-state index in [0.717, 1.165) is 112 Å². The molecule has 368 valence electrons. The van der Waals surface area contributed by atoms with Crippen molar-refractivity contribution in [2.24, 2.45) is 75.4 Å². The van der Waals surface area contributed by atoms with Gasteiger partial charge in [0.2, 0.25) is 0 Å². The zero-order valence-corrected chi connectivity index (χ0v) is 41.8. The van der Waals surface area contributed by atoms with Gasteiger partial charge < -0.3 is 28.6 Å². The van der Waals surface area contributed by atoms with Gasteiger partial charge in [-0.2, -0.15) is 0 Å². The summed E-state index contributed by atoms with van der Waals surface area (Å²) in [5.41, 5.74) is 2.16. The van der Waals surface area contributed by atoms with Gasteiger partial charge in [0, 0.05) is 13.0 Å². The number of carbonyl (C=O) groups excluding carboxylic acids is 4. The van der Waals surface area contributed by atoms with Crippen molar-refractivity contribution >= 4 is 24.1 Å². The quantitative estimate of drug-likeness (QED) is 0.0424. The number of esters is 3. The molecule has 0 amide bonds. The Morgan fingerprint density at radius 1 is 0.738 bits per heavy atom. The van der Waals surface area contributed by atoms with Crippen molar-refractivity contribution in [2.75, 3.05) is 46.1 Å². The van der Waals surface area contributed by atoms with E-state index in [2.05, 4.69) is 59.4 Å². The largest absolute Gasteiger partial charge is 0.508 e. The minimum Gasteiger partial charge on any atom is -0.465 e. The zero-order chi connectivity index (χ0) is 46.4. The van der Waals surface area contributed by atoms with Gasteiger partial charge in [-0.1, -0.05) is 79.4 Å². The Kier molecular flexibility index (Phi) is 17.2. The van der Waals surface area contributed by atoms with Crippen LogP contribution in [0.3, 0.4) is 0 Å². The third-order valence-corrected chi connectivity index (χ3v) is 18.9. The fourth-order valence-corrected chi connectivity index (χ4v) is 15.9. The predicted octanol–water partition coefficient (Wildman–Crippen LogP) is 11.9. The van der Waals surface area contributed by atoms with Gasteiger partial charge >= 0.3 is 24.1 Å². The third-order valence-electron chi connectivity index (χ3n) is 18.9. The van der Waals surface area contributed by atoms with Crippen molar-refractivity contribution in [3.05, 3.63) is 11.6 Å².